The Morgan fingerprint density at radius 3 is 1.45 bits per heavy atom. The maximum absolute atomic E-state index is 2.42. The molecule has 0 aromatic heterocycles. The van der Waals surface area contributed by atoms with E-state index in [-0.39, 0.29) is 0 Å². The van der Waals surface area contributed by atoms with Crippen LogP contribution in [-0.2, 0) is 0 Å². The Bertz CT molecular complexity index is 192. The third-order valence-electron chi connectivity index (χ3n) is 4.16. The summed E-state index contributed by atoms with van der Waals surface area (Å²) in [5.74, 6) is 0.883. The molecule has 0 aromatic carbocycles. The van der Waals surface area contributed by atoms with Gasteiger partial charge in [-0.15, -0.1) is 0 Å². The highest BCUT2D eigenvalue weighted by atomic mass is 15.3. The normalized spacial score (nSPS) is 13.7. The van der Waals surface area contributed by atoms with Gasteiger partial charge < -0.3 is 4.48 Å². The Morgan fingerprint density at radius 2 is 1.05 bits per heavy atom. The van der Waals surface area contributed by atoms with E-state index in [0.717, 1.165) is 10.4 Å². The van der Waals surface area contributed by atoms with Crippen LogP contribution in [0.25, 0.3) is 0 Å². The van der Waals surface area contributed by atoms with Gasteiger partial charge in [0.25, 0.3) is 0 Å². The number of nitrogens with zero attached hydrogens (tertiary/aromatic N) is 1. The molecular formula is C19H42N+. The highest BCUT2D eigenvalue weighted by Gasteiger charge is 2.12. The summed E-state index contributed by atoms with van der Waals surface area (Å²) in [7, 11) is 6.91. The van der Waals surface area contributed by atoms with Crippen LogP contribution in [0.1, 0.15) is 90.9 Å². The summed E-state index contributed by atoms with van der Waals surface area (Å²) in [6.07, 6.45) is 17.4. The van der Waals surface area contributed by atoms with Crippen molar-refractivity contribution < 1.29 is 4.48 Å². The quantitative estimate of drug-likeness (QED) is 0.270. The summed E-state index contributed by atoms with van der Waals surface area (Å²) in [6, 6.07) is 0. The van der Waals surface area contributed by atoms with Crippen LogP contribution in [0.5, 0.6) is 0 Å². The molecule has 0 aliphatic rings. The largest absolute Gasteiger partial charge is 0.331 e. The molecule has 122 valence electrons. The lowest BCUT2D eigenvalue weighted by atomic mass is 10.0. The lowest BCUT2D eigenvalue weighted by Crippen LogP contribution is -2.38. The summed E-state index contributed by atoms with van der Waals surface area (Å²) in [6.45, 7) is 6.03. The average Bonchev–Trinajstić information content (AvgIpc) is 2.34. The number of quaternary nitrogens is 1. The van der Waals surface area contributed by atoms with Crippen molar-refractivity contribution in [2.45, 2.75) is 90.9 Å². The van der Waals surface area contributed by atoms with E-state index in [2.05, 4.69) is 35.0 Å². The van der Waals surface area contributed by atoms with E-state index in [0.29, 0.717) is 0 Å². The van der Waals surface area contributed by atoms with E-state index in [1.165, 1.54) is 83.6 Å². The first-order valence-electron chi connectivity index (χ1n) is 9.26. The van der Waals surface area contributed by atoms with Crippen molar-refractivity contribution in [1.82, 2.24) is 0 Å². The van der Waals surface area contributed by atoms with Crippen molar-refractivity contribution in [1.29, 1.82) is 0 Å². The molecule has 0 rings (SSSR count). The third kappa shape index (κ3) is 16.0. The summed E-state index contributed by atoms with van der Waals surface area (Å²) < 4.78 is 1.11. The highest BCUT2D eigenvalue weighted by molar-refractivity contribution is 4.53. The SMILES string of the molecule is CCCCCCCCCCCCCC(C)C[N+](C)(C)C. The first-order valence-corrected chi connectivity index (χ1v) is 9.26. The van der Waals surface area contributed by atoms with Crippen LogP contribution in [0.2, 0.25) is 0 Å². The predicted molar refractivity (Wildman–Crippen MR) is 93.1 cm³/mol. The molecule has 0 aromatic rings. The second-order valence-corrected chi connectivity index (χ2v) is 7.90. The molecule has 1 atom stereocenters. The second-order valence-electron chi connectivity index (χ2n) is 7.90. The Hall–Kier alpha value is -0.0400. The van der Waals surface area contributed by atoms with E-state index in [1.54, 1.807) is 0 Å². The molecule has 1 nitrogen and oxygen atoms in total. The molecule has 20 heavy (non-hydrogen) atoms. The fourth-order valence-electron chi connectivity index (χ4n) is 3.18. The maximum atomic E-state index is 2.42. The lowest BCUT2D eigenvalue weighted by molar-refractivity contribution is -0.873. The van der Waals surface area contributed by atoms with Gasteiger partial charge in [0.05, 0.1) is 27.7 Å². The monoisotopic (exact) mass is 284 g/mol. The Balaban J connectivity index is 3.17. The first kappa shape index (κ1) is 20.0. The van der Waals surface area contributed by atoms with Crippen molar-refractivity contribution in [3.8, 4) is 0 Å². The molecule has 0 saturated carbocycles. The number of rotatable bonds is 14. The molecule has 1 heteroatoms. The molecule has 0 aliphatic carbocycles. The van der Waals surface area contributed by atoms with Crippen LogP contribution in [0, 0.1) is 5.92 Å². The van der Waals surface area contributed by atoms with Gasteiger partial charge in [-0.2, -0.15) is 0 Å². The third-order valence-corrected chi connectivity index (χ3v) is 4.16. The van der Waals surface area contributed by atoms with Crippen molar-refractivity contribution in [2.75, 3.05) is 27.7 Å². The molecule has 1 unspecified atom stereocenters. The molecular weight excluding hydrogens is 242 g/mol. The van der Waals surface area contributed by atoms with Gasteiger partial charge in [0.2, 0.25) is 0 Å². The first-order chi connectivity index (χ1) is 9.45. The zero-order valence-electron chi connectivity index (χ0n) is 15.2. The number of hydrogen-bond donors (Lipinski definition) is 0. The van der Waals surface area contributed by atoms with Crippen LogP contribution in [-0.4, -0.2) is 32.2 Å². The standard InChI is InChI=1S/C19H42N/c1-6-7-8-9-10-11-12-13-14-15-16-17-19(2)18-20(3,4)5/h19H,6-18H2,1-5H3/q+1. The highest BCUT2D eigenvalue weighted by Crippen LogP contribution is 2.15. The molecule has 0 bridgehead atoms. The Kier molecular flexibility index (Phi) is 12.7. The van der Waals surface area contributed by atoms with Crippen molar-refractivity contribution in [2.24, 2.45) is 5.92 Å². The molecule has 0 fully saturated rings. The molecule has 0 radical (unpaired) electrons. The van der Waals surface area contributed by atoms with Gasteiger partial charge in [0.15, 0.2) is 0 Å². The average molecular weight is 285 g/mol. The topological polar surface area (TPSA) is 0 Å². The number of unbranched alkanes of at least 4 members (excludes halogenated alkanes) is 10. The molecule has 0 spiro atoms. The van der Waals surface area contributed by atoms with Gasteiger partial charge in [-0.1, -0.05) is 84.5 Å². The van der Waals surface area contributed by atoms with Gasteiger partial charge in [-0.25, -0.2) is 0 Å². The molecule has 0 saturated heterocycles. The molecule has 0 aliphatic heterocycles. The molecule has 0 amide bonds. The summed E-state index contributed by atoms with van der Waals surface area (Å²) >= 11 is 0. The zero-order valence-corrected chi connectivity index (χ0v) is 15.2. The predicted octanol–water partition coefficient (Wildman–Crippen LogP) is 6.03. The van der Waals surface area contributed by atoms with Crippen molar-refractivity contribution in [3.05, 3.63) is 0 Å². The van der Waals surface area contributed by atoms with Gasteiger partial charge in [0, 0.05) is 5.92 Å². The van der Waals surface area contributed by atoms with Gasteiger partial charge >= 0.3 is 0 Å². The van der Waals surface area contributed by atoms with E-state index < -0.39 is 0 Å². The van der Waals surface area contributed by atoms with E-state index in [9.17, 15) is 0 Å². The minimum Gasteiger partial charge on any atom is -0.331 e. The number of hydrogen-bond acceptors (Lipinski definition) is 0. The van der Waals surface area contributed by atoms with Gasteiger partial charge in [-0.3, -0.25) is 0 Å². The summed E-state index contributed by atoms with van der Waals surface area (Å²) in [4.78, 5) is 0. The fourth-order valence-corrected chi connectivity index (χ4v) is 3.18. The van der Waals surface area contributed by atoms with Gasteiger partial charge in [0.1, 0.15) is 0 Å². The van der Waals surface area contributed by atoms with E-state index in [1.807, 2.05) is 0 Å². The van der Waals surface area contributed by atoms with Gasteiger partial charge in [-0.05, 0) is 6.42 Å². The van der Waals surface area contributed by atoms with Crippen LogP contribution in [0.4, 0.5) is 0 Å². The maximum Gasteiger partial charge on any atom is 0.0806 e. The Labute approximate surface area is 129 Å². The van der Waals surface area contributed by atoms with E-state index in [4.69, 9.17) is 0 Å². The van der Waals surface area contributed by atoms with Crippen LogP contribution in [0.15, 0.2) is 0 Å². The van der Waals surface area contributed by atoms with Crippen LogP contribution >= 0.6 is 0 Å². The van der Waals surface area contributed by atoms with Crippen molar-refractivity contribution >= 4 is 0 Å². The zero-order chi connectivity index (χ0) is 15.3. The minimum absolute atomic E-state index is 0.883. The summed E-state index contributed by atoms with van der Waals surface area (Å²) in [5, 5.41) is 0. The van der Waals surface area contributed by atoms with E-state index >= 15 is 0 Å². The van der Waals surface area contributed by atoms with Crippen molar-refractivity contribution in [3.63, 3.8) is 0 Å². The molecule has 0 heterocycles. The van der Waals surface area contributed by atoms with Crippen LogP contribution < -0.4 is 0 Å². The fraction of sp³-hybridized carbons (Fsp3) is 1.00. The smallest absolute Gasteiger partial charge is 0.0806 e. The Morgan fingerprint density at radius 1 is 0.650 bits per heavy atom. The second kappa shape index (κ2) is 12.7. The van der Waals surface area contributed by atoms with Crippen LogP contribution in [0.3, 0.4) is 0 Å². The molecule has 0 N–H and O–H groups in total. The summed E-state index contributed by atoms with van der Waals surface area (Å²) in [5.41, 5.74) is 0. The lowest BCUT2D eigenvalue weighted by Gasteiger charge is -2.27. The minimum atomic E-state index is 0.883.